The Bertz CT molecular complexity index is 1370. The van der Waals surface area contributed by atoms with E-state index in [4.69, 9.17) is 0 Å². The summed E-state index contributed by atoms with van der Waals surface area (Å²) in [5.41, 5.74) is 3.05. The Kier molecular flexibility index (Phi) is 10.9. The van der Waals surface area contributed by atoms with Gasteiger partial charge in [-0.25, -0.2) is 8.42 Å². The number of sulfonamides is 1. The van der Waals surface area contributed by atoms with E-state index in [1.165, 1.54) is 9.21 Å². The normalized spacial score (nSPS) is 12.2. The van der Waals surface area contributed by atoms with Gasteiger partial charge >= 0.3 is 0 Å². The summed E-state index contributed by atoms with van der Waals surface area (Å²) in [6.07, 6.45) is 0.978. The predicted molar refractivity (Wildman–Crippen MR) is 160 cm³/mol. The van der Waals surface area contributed by atoms with E-state index >= 15 is 0 Å². The highest BCUT2D eigenvalue weighted by molar-refractivity contribution is 7.92. The number of carbonyl (C=O) groups is 2. The maximum Gasteiger partial charge on any atom is 0.264 e. The van der Waals surface area contributed by atoms with E-state index in [0.29, 0.717) is 25.1 Å². The molecule has 0 saturated heterocycles. The lowest BCUT2D eigenvalue weighted by Gasteiger charge is -2.33. The number of nitrogens with one attached hydrogen (secondary N) is 1. The van der Waals surface area contributed by atoms with Crippen LogP contribution in [0.3, 0.4) is 0 Å². The van der Waals surface area contributed by atoms with Crippen LogP contribution in [-0.2, 0) is 32.6 Å². The highest BCUT2D eigenvalue weighted by Crippen LogP contribution is 2.28. The molecular weight excluding hydrogens is 522 g/mol. The molecule has 0 aliphatic carbocycles. The number of nitrogens with zero attached hydrogens (tertiary/aromatic N) is 2. The number of hydrogen-bond acceptors (Lipinski definition) is 4. The summed E-state index contributed by atoms with van der Waals surface area (Å²) in [4.78, 5) is 29.0. The fraction of sp³-hybridized carbons (Fsp3) is 0.375. The zero-order valence-corrected chi connectivity index (χ0v) is 24.9. The van der Waals surface area contributed by atoms with Crippen LogP contribution in [0.4, 0.5) is 5.69 Å². The molecule has 0 heterocycles. The second-order valence-electron chi connectivity index (χ2n) is 10.4. The fourth-order valence-corrected chi connectivity index (χ4v) is 5.98. The third kappa shape index (κ3) is 7.72. The molecule has 3 rings (SSSR count). The monoisotopic (exact) mass is 563 g/mol. The topological polar surface area (TPSA) is 86.8 Å². The summed E-state index contributed by atoms with van der Waals surface area (Å²) in [7, 11) is -4.09. The second kappa shape index (κ2) is 14.1. The Balaban J connectivity index is 2.07. The van der Waals surface area contributed by atoms with Crippen molar-refractivity contribution >= 4 is 27.5 Å². The molecule has 3 aromatic carbocycles. The zero-order valence-electron chi connectivity index (χ0n) is 24.1. The van der Waals surface area contributed by atoms with Gasteiger partial charge in [-0.3, -0.25) is 13.9 Å². The maximum atomic E-state index is 14.1. The summed E-state index contributed by atoms with van der Waals surface area (Å²) in [5.74, 6) is -0.445. The van der Waals surface area contributed by atoms with Crippen LogP contribution in [0.5, 0.6) is 0 Å². The van der Waals surface area contributed by atoms with Gasteiger partial charge in [0.25, 0.3) is 10.0 Å². The number of benzene rings is 3. The van der Waals surface area contributed by atoms with E-state index in [1.54, 1.807) is 36.4 Å². The standard InChI is InChI=1S/C32H41N3O4S/c1-6-27-15-11-12-16-30(27)35(40(38,39)28-19-17-25(5)18-20-28)23-31(36)34(22-26-13-9-8-10-14-26)29(7-2)32(37)33-21-24(3)4/h8-20,24,29H,6-7,21-23H2,1-5H3,(H,33,37). The van der Waals surface area contributed by atoms with Crippen LogP contribution in [-0.4, -0.2) is 44.3 Å². The SMILES string of the molecule is CCc1ccccc1N(CC(=O)N(Cc1ccccc1)C(CC)C(=O)NCC(C)C)S(=O)(=O)c1ccc(C)cc1. The van der Waals surface area contributed by atoms with Crippen molar-refractivity contribution in [2.24, 2.45) is 5.92 Å². The Morgan fingerprint density at radius 3 is 2.10 bits per heavy atom. The molecule has 1 atom stereocenters. The Morgan fingerprint density at radius 1 is 0.875 bits per heavy atom. The number of rotatable bonds is 13. The number of anilines is 1. The highest BCUT2D eigenvalue weighted by Gasteiger charge is 2.34. The van der Waals surface area contributed by atoms with Crippen LogP contribution in [0.1, 0.15) is 50.8 Å². The van der Waals surface area contributed by atoms with Crippen molar-refractivity contribution in [3.05, 3.63) is 95.6 Å². The van der Waals surface area contributed by atoms with Gasteiger partial charge in [-0.2, -0.15) is 0 Å². The first-order valence-corrected chi connectivity index (χ1v) is 15.3. The molecule has 40 heavy (non-hydrogen) atoms. The van der Waals surface area contributed by atoms with E-state index in [2.05, 4.69) is 5.32 Å². The van der Waals surface area contributed by atoms with Crippen LogP contribution in [0, 0.1) is 12.8 Å². The predicted octanol–water partition coefficient (Wildman–Crippen LogP) is 5.33. The van der Waals surface area contributed by atoms with Gasteiger partial charge in [0.15, 0.2) is 0 Å². The first kappa shape index (κ1) is 30.9. The van der Waals surface area contributed by atoms with Gasteiger partial charge in [0.05, 0.1) is 10.6 Å². The lowest BCUT2D eigenvalue weighted by Crippen LogP contribution is -2.52. The average Bonchev–Trinajstić information content (AvgIpc) is 2.95. The minimum Gasteiger partial charge on any atom is -0.354 e. The van der Waals surface area contributed by atoms with Gasteiger partial charge < -0.3 is 10.2 Å². The smallest absolute Gasteiger partial charge is 0.264 e. The van der Waals surface area contributed by atoms with Crippen LogP contribution < -0.4 is 9.62 Å². The zero-order chi connectivity index (χ0) is 29.3. The Hall–Kier alpha value is -3.65. The van der Waals surface area contributed by atoms with Crippen molar-refractivity contribution in [2.75, 3.05) is 17.4 Å². The van der Waals surface area contributed by atoms with E-state index in [-0.39, 0.29) is 23.3 Å². The lowest BCUT2D eigenvalue weighted by molar-refractivity contribution is -0.140. The summed E-state index contributed by atoms with van der Waals surface area (Å²) < 4.78 is 29.3. The molecule has 0 aliphatic heterocycles. The molecule has 0 bridgehead atoms. The molecule has 1 N–H and O–H groups in total. The van der Waals surface area contributed by atoms with Crippen molar-refractivity contribution in [3.8, 4) is 0 Å². The van der Waals surface area contributed by atoms with Crippen molar-refractivity contribution in [1.29, 1.82) is 0 Å². The average molecular weight is 564 g/mol. The molecule has 214 valence electrons. The lowest BCUT2D eigenvalue weighted by atomic mass is 10.1. The molecule has 0 aromatic heterocycles. The molecule has 0 saturated carbocycles. The maximum absolute atomic E-state index is 14.1. The van der Waals surface area contributed by atoms with E-state index in [9.17, 15) is 18.0 Å². The molecule has 0 radical (unpaired) electrons. The Morgan fingerprint density at radius 2 is 1.50 bits per heavy atom. The van der Waals surface area contributed by atoms with Crippen molar-refractivity contribution in [1.82, 2.24) is 10.2 Å². The fourth-order valence-electron chi connectivity index (χ4n) is 4.53. The molecule has 0 fully saturated rings. The van der Waals surface area contributed by atoms with Crippen molar-refractivity contribution < 1.29 is 18.0 Å². The summed E-state index contributed by atoms with van der Waals surface area (Å²) >= 11 is 0. The largest absolute Gasteiger partial charge is 0.354 e. The quantitative estimate of drug-likeness (QED) is 0.305. The van der Waals surface area contributed by atoms with Gasteiger partial charge in [0.2, 0.25) is 11.8 Å². The van der Waals surface area contributed by atoms with Crippen LogP contribution in [0.2, 0.25) is 0 Å². The molecule has 3 aromatic rings. The molecule has 0 spiro atoms. The van der Waals surface area contributed by atoms with Gasteiger partial charge in [-0.15, -0.1) is 0 Å². The third-order valence-electron chi connectivity index (χ3n) is 6.80. The first-order chi connectivity index (χ1) is 19.1. The minimum absolute atomic E-state index is 0.105. The highest BCUT2D eigenvalue weighted by atomic mass is 32.2. The van der Waals surface area contributed by atoms with Crippen molar-refractivity contribution in [2.45, 2.75) is 64.9 Å². The summed E-state index contributed by atoms with van der Waals surface area (Å²) in [5, 5.41) is 2.95. The van der Waals surface area contributed by atoms with Crippen LogP contribution in [0.25, 0.3) is 0 Å². The summed E-state index contributed by atoms with van der Waals surface area (Å²) in [6, 6.07) is 22.5. The summed E-state index contributed by atoms with van der Waals surface area (Å²) in [6.45, 7) is 9.94. The van der Waals surface area contributed by atoms with Gasteiger partial charge in [-0.05, 0) is 55.0 Å². The molecule has 7 nitrogen and oxygen atoms in total. The van der Waals surface area contributed by atoms with Crippen molar-refractivity contribution in [3.63, 3.8) is 0 Å². The first-order valence-electron chi connectivity index (χ1n) is 13.9. The number of para-hydroxylation sites is 1. The van der Waals surface area contributed by atoms with Gasteiger partial charge in [-0.1, -0.05) is 93.9 Å². The Labute approximate surface area is 239 Å². The molecule has 2 amide bonds. The molecule has 0 aliphatic rings. The van der Waals surface area contributed by atoms with Gasteiger partial charge in [0.1, 0.15) is 12.6 Å². The van der Waals surface area contributed by atoms with Crippen LogP contribution in [0.15, 0.2) is 83.8 Å². The molecule has 1 unspecified atom stereocenters. The minimum atomic E-state index is -4.09. The number of aryl methyl sites for hydroxylation is 2. The number of carbonyl (C=O) groups excluding carboxylic acids is 2. The molecular formula is C32H41N3O4S. The van der Waals surface area contributed by atoms with Gasteiger partial charge in [0, 0.05) is 13.1 Å². The van der Waals surface area contributed by atoms with E-state index in [0.717, 1.165) is 16.7 Å². The number of hydrogen-bond donors (Lipinski definition) is 1. The van der Waals surface area contributed by atoms with Crippen LogP contribution >= 0.6 is 0 Å². The van der Waals surface area contributed by atoms with E-state index in [1.807, 2.05) is 77.1 Å². The third-order valence-corrected chi connectivity index (χ3v) is 8.57. The number of amides is 2. The molecule has 8 heteroatoms. The van der Waals surface area contributed by atoms with E-state index < -0.39 is 28.5 Å². The second-order valence-corrected chi connectivity index (χ2v) is 12.2.